The summed E-state index contributed by atoms with van der Waals surface area (Å²) in [6, 6.07) is 16.2. The smallest absolute Gasteiger partial charge is 0.330 e. The maximum Gasteiger partial charge on any atom is 0.330 e. The van der Waals surface area contributed by atoms with Crippen LogP contribution in [0.2, 0.25) is 0 Å². The fourth-order valence-electron chi connectivity index (χ4n) is 3.71. The maximum atomic E-state index is 13.1. The van der Waals surface area contributed by atoms with Crippen LogP contribution in [-0.4, -0.2) is 74.5 Å². The topological polar surface area (TPSA) is 70.2 Å². The molecule has 2 amide bonds. The number of methoxy groups -OCH3 is 1. The summed E-state index contributed by atoms with van der Waals surface area (Å²) < 4.78 is 4.94. The molecule has 31 heavy (non-hydrogen) atoms. The Morgan fingerprint density at radius 1 is 1.00 bits per heavy atom. The van der Waals surface area contributed by atoms with Crippen molar-refractivity contribution in [2.24, 2.45) is 0 Å². The van der Waals surface area contributed by atoms with E-state index in [4.69, 9.17) is 4.74 Å². The molecule has 1 aliphatic rings. The lowest BCUT2D eigenvalue weighted by atomic mass is 10.1. The fraction of sp³-hybridized carbons (Fsp3) is 0.375. The monoisotopic (exact) mass is 423 g/mol. The Labute approximate surface area is 183 Å². The predicted molar refractivity (Wildman–Crippen MR) is 119 cm³/mol. The van der Waals surface area contributed by atoms with Crippen LogP contribution in [-0.2, 0) is 20.7 Å². The average molecular weight is 424 g/mol. The van der Waals surface area contributed by atoms with E-state index < -0.39 is 12.0 Å². The van der Waals surface area contributed by atoms with Crippen molar-refractivity contribution in [1.82, 2.24) is 9.80 Å². The van der Waals surface area contributed by atoms with Crippen molar-refractivity contribution < 1.29 is 19.1 Å². The molecule has 0 N–H and O–H groups in total. The summed E-state index contributed by atoms with van der Waals surface area (Å²) in [6.45, 7) is 0.815. The lowest BCUT2D eigenvalue weighted by Gasteiger charge is -2.40. The summed E-state index contributed by atoms with van der Waals surface area (Å²) in [6.07, 6.45) is 0.998. The Balaban J connectivity index is 1.68. The molecule has 164 valence electrons. The van der Waals surface area contributed by atoms with Crippen LogP contribution in [0.25, 0.3) is 0 Å². The number of benzene rings is 2. The highest BCUT2D eigenvalue weighted by Crippen LogP contribution is 2.19. The largest absolute Gasteiger partial charge is 0.467 e. The molecule has 7 heteroatoms. The number of piperazine rings is 1. The number of rotatable bonds is 6. The number of carbonyl (C=O) groups is 3. The molecule has 3 rings (SSSR count). The second kappa shape index (κ2) is 10.1. The minimum atomic E-state index is -0.819. The summed E-state index contributed by atoms with van der Waals surface area (Å²) in [5, 5.41) is 0. The number of ether oxygens (including phenoxy) is 1. The van der Waals surface area contributed by atoms with E-state index in [0.29, 0.717) is 24.9 Å². The number of amides is 2. The van der Waals surface area contributed by atoms with E-state index in [1.807, 2.05) is 61.5 Å². The predicted octanol–water partition coefficient (Wildman–Crippen LogP) is 2.21. The van der Waals surface area contributed by atoms with Crippen molar-refractivity contribution >= 4 is 23.5 Å². The standard InChI is InChI=1S/C24H29N3O4/c1-25(2)20-12-10-19(11-13-20)23(29)27-16-15-26(17-21(27)24(30)31-3)22(28)14-9-18-7-5-4-6-8-18/h4-8,10-13,21H,9,14-17H2,1-3H3. The van der Waals surface area contributed by atoms with Crippen LogP contribution in [0, 0.1) is 0 Å². The number of carbonyl (C=O) groups excluding carboxylic acids is 3. The van der Waals surface area contributed by atoms with Gasteiger partial charge in [0.15, 0.2) is 0 Å². The highest BCUT2D eigenvalue weighted by molar-refractivity contribution is 5.97. The molecule has 0 aliphatic carbocycles. The van der Waals surface area contributed by atoms with Gasteiger partial charge >= 0.3 is 5.97 Å². The van der Waals surface area contributed by atoms with E-state index in [2.05, 4.69) is 0 Å². The first-order valence-electron chi connectivity index (χ1n) is 10.4. The van der Waals surface area contributed by atoms with Crippen LogP contribution >= 0.6 is 0 Å². The molecule has 1 saturated heterocycles. The van der Waals surface area contributed by atoms with Crippen molar-refractivity contribution in [1.29, 1.82) is 0 Å². The van der Waals surface area contributed by atoms with Crippen molar-refractivity contribution in [2.75, 3.05) is 45.7 Å². The Morgan fingerprint density at radius 3 is 2.29 bits per heavy atom. The van der Waals surface area contributed by atoms with Crippen LogP contribution in [0.3, 0.4) is 0 Å². The van der Waals surface area contributed by atoms with E-state index in [1.54, 1.807) is 17.0 Å². The van der Waals surface area contributed by atoms with Gasteiger partial charge < -0.3 is 19.4 Å². The lowest BCUT2D eigenvalue weighted by Crippen LogP contribution is -2.59. The molecule has 7 nitrogen and oxygen atoms in total. The fourth-order valence-corrected chi connectivity index (χ4v) is 3.71. The lowest BCUT2D eigenvalue weighted by molar-refractivity contribution is -0.150. The summed E-state index contributed by atoms with van der Waals surface area (Å²) in [4.78, 5) is 43.4. The van der Waals surface area contributed by atoms with Gasteiger partial charge in [-0.2, -0.15) is 0 Å². The minimum Gasteiger partial charge on any atom is -0.467 e. The number of hydrogen-bond acceptors (Lipinski definition) is 5. The molecule has 0 radical (unpaired) electrons. The SMILES string of the molecule is COC(=O)C1CN(C(=O)CCc2ccccc2)CCN1C(=O)c1ccc(N(C)C)cc1. The van der Waals surface area contributed by atoms with Gasteiger partial charge in [-0.3, -0.25) is 9.59 Å². The molecule has 0 aromatic heterocycles. The molecule has 0 bridgehead atoms. The number of anilines is 1. The van der Waals surface area contributed by atoms with Gasteiger partial charge in [-0.1, -0.05) is 30.3 Å². The Kier molecular flexibility index (Phi) is 7.28. The molecule has 1 aliphatic heterocycles. The van der Waals surface area contributed by atoms with E-state index >= 15 is 0 Å². The first-order valence-corrected chi connectivity index (χ1v) is 10.4. The molecule has 1 heterocycles. The van der Waals surface area contributed by atoms with Crippen LogP contribution in [0.4, 0.5) is 5.69 Å². The molecule has 2 aromatic carbocycles. The van der Waals surface area contributed by atoms with Gasteiger partial charge in [0.1, 0.15) is 6.04 Å². The van der Waals surface area contributed by atoms with Crippen LogP contribution in [0.5, 0.6) is 0 Å². The van der Waals surface area contributed by atoms with Crippen molar-refractivity contribution in [3.8, 4) is 0 Å². The van der Waals surface area contributed by atoms with E-state index in [-0.39, 0.29) is 24.9 Å². The molecular weight excluding hydrogens is 394 g/mol. The van der Waals surface area contributed by atoms with Crippen LogP contribution in [0.1, 0.15) is 22.3 Å². The average Bonchev–Trinajstić information content (AvgIpc) is 2.81. The van der Waals surface area contributed by atoms with E-state index in [0.717, 1.165) is 11.3 Å². The number of nitrogens with zero attached hydrogens (tertiary/aromatic N) is 3. The zero-order valence-corrected chi connectivity index (χ0v) is 18.3. The van der Waals surface area contributed by atoms with Crippen LogP contribution in [0.15, 0.2) is 54.6 Å². The Morgan fingerprint density at radius 2 is 1.68 bits per heavy atom. The van der Waals surface area contributed by atoms with Crippen molar-refractivity contribution in [3.63, 3.8) is 0 Å². The number of aryl methyl sites for hydroxylation is 1. The van der Waals surface area contributed by atoms with Crippen molar-refractivity contribution in [3.05, 3.63) is 65.7 Å². The van der Waals surface area contributed by atoms with E-state index in [9.17, 15) is 14.4 Å². The zero-order chi connectivity index (χ0) is 22.4. The van der Waals surface area contributed by atoms with E-state index in [1.165, 1.54) is 12.0 Å². The highest BCUT2D eigenvalue weighted by atomic mass is 16.5. The van der Waals surface area contributed by atoms with Crippen molar-refractivity contribution in [2.45, 2.75) is 18.9 Å². The third kappa shape index (κ3) is 5.42. The molecule has 0 saturated carbocycles. The highest BCUT2D eigenvalue weighted by Gasteiger charge is 2.37. The third-order valence-corrected chi connectivity index (χ3v) is 5.57. The summed E-state index contributed by atoms with van der Waals surface area (Å²) in [7, 11) is 5.16. The normalized spacial score (nSPS) is 16.0. The van der Waals surface area contributed by atoms with Gasteiger partial charge in [0.05, 0.1) is 13.7 Å². The number of hydrogen-bond donors (Lipinski definition) is 0. The third-order valence-electron chi connectivity index (χ3n) is 5.57. The Hall–Kier alpha value is -3.35. The summed E-state index contributed by atoms with van der Waals surface area (Å²) in [5.41, 5.74) is 2.58. The number of esters is 1. The molecule has 0 spiro atoms. The maximum absolute atomic E-state index is 13.1. The second-order valence-corrected chi connectivity index (χ2v) is 7.80. The molecule has 1 unspecified atom stereocenters. The minimum absolute atomic E-state index is 0.0276. The molecular formula is C24H29N3O4. The van der Waals surface area contributed by atoms with Gasteiger partial charge in [-0.05, 0) is 36.2 Å². The van der Waals surface area contributed by atoms with Crippen LogP contribution < -0.4 is 4.90 Å². The summed E-state index contributed by atoms with van der Waals surface area (Å²) in [5.74, 6) is -0.781. The quantitative estimate of drug-likeness (QED) is 0.667. The van der Waals surface area contributed by atoms with Gasteiger partial charge in [0.2, 0.25) is 5.91 Å². The van der Waals surface area contributed by atoms with Gasteiger partial charge in [0.25, 0.3) is 5.91 Å². The second-order valence-electron chi connectivity index (χ2n) is 7.80. The first-order chi connectivity index (χ1) is 14.9. The summed E-state index contributed by atoms with van der Waals surface area (Å²) >= 11 is 0. The zero-order valence-electron chi connectivity index (χ0n) is 18.3. The van der Waals surface area contributed by atoms with Gasteiger partial charge in [-0.15, -0.1) is 0 Å². The molecule has 2 aromatic rings. The molecule has 1 fully saturated rings. The first kappa shape index (κ1) is 22.3. The Bertz CT molecular complexity index is 912. The van der Waals surface area contributed by atoms with Gasteiger partial charge in [0, 0.05) is 44.9 Å². The van der Waals surface area contributed by atoms with Gasteiger partial charge in [-0.25, -0.2) is 4.79 Å². The molecule has 1 atom stereocenters.